The Hall–Kier alpha value is -1.81. The summed E-state index contributed by atoms with van der Waals surface area (Å²) in [5.74, 6) is 0.835. The summed E-state index contributed by atoms with van der Waals surface area (Å²) >= 11 is 0. The van der Waals surface area contributed by atoms with Crippen molar-refractivity contribution < 1.29 is 4.79 Å². The molecule has 3 atom stereocenters. The highest BCUT2D eigenvalue weighted by Gasteiger charge is 2.32. The van der Waals surface area contributed by atoms with Crippen LogP contribution in [-0.2, 0) is 0 Å². The zero-order valence-electron chi connectivity index (χ0n) is 11.4. The number of fused-ring (bicyclic) bond motifs is 3. The van der Waals surface area contributed by atoms with Gasteiger partial charge >= 0.3 is 0 Å². The third-order valence-electron chi connectivity index (χ3n) is 4.62. The Morgan fingerprint density at radius 1 is 1.30 bits per heavy atom. The van der Waals surface area contributed by atoms with Gasteiger partial charge in [0.2, 0.25) is 0 Å². The second-order valence-electron chi connectivity index (χ2n) is 6.10. The molecule has 1 unspecified atom stereocenters. The van der Waals surface area contributed by atoms with Gasteiger partial charge in [-0.2, -0.15) is 0 Å². The van der Waals surface area contributed by atoms with Crippen LogP contribution < -0.4 is 5.32 Å². The molecule has 2 saturated heterocycles. The van der Waals surface area contributed by atoms with Crippen LogP contribution in [0, 0.1) is 5.92 Å². The van der Waals surface area contributed by atoms with Gasteiger partial charge in [-0.15, -0.1) is 0 Å². The summed E-state index contributed by atoms with van der Waals surface area (Å²) in [5, 5.41) is 4.29. The van der Waals surface area contributed by atoms with Crippen molar-refractivity contribution in [3.63, 3.8) is 0 Å². The van der Waals surface area contributed by atoms with Gasteiger partial charge in [-0.25, -0.2) is 0 Å². The zero-order valence-corrected chi connectivity index (χ0v) is 11.4. The molecule has 1 amide bonds. The molecule has 1 aromatic heterocycles. The van der Waals surface area contributed by atoms with E-state index in [4.69, 9.17) is 0 Å². The van der Waals surface area contributed by atoms with Crippen LogP contribution in [0.25, 0.3) is 10.9 Å². The van der Waals surface area contributed by atoms with Crippen molar-refractivity contribution >= 4 is 16.8 Å². The van der Waals surface area contributed by atoms with Gasteiger partial charge in [0.25, 0.3) is 5.91 Å². The molecule has 4 rings (SSSR count). The second-order valence-corrected chi connectivity index (χ2v) is 6.10. The van der Waals surface area contributed by atoms with E-state index in [1.165, 1.54) is 19.5 Å². The van der Waals surface area contributed by atoms with Crippen LogP contribution >= 0.6 is 0 Å². The topological polar surface area (TPSA) is 48.1 Å². The average molecular weight is 269 g/mol. The molecule has 2 aliphatic heterocycles. The number of carbonyl (C=O) groups is 1. The predicted molar refractivity (Wildman–Crippen MR) is 78.7 cm³/mol. The molecule has 4 nitrogen and oxygen atoms in total. The standard InChI is InChI=1S/C16H19N3O/c20-16(13-1-2-15-12(8-13)3-5-17-15)18-14-7-11-4-6-19(9-11)10-14/h1-3,5,8,11,14,17H,4,6-7,9-10H2,(H,18,20)/t11-,14+/m0/s1. The van der Waals surface area contributed by atoms with Crippen molar-refractivity contribution in [3.05, 3.63) is 36.0 Å². The molecule has 2 aromatic rings. The fourth-order valence-corrected chi connectivity index (χ4v) is 3.63. The first-order valence-corrected chi connectivity index (χ1v) is 7.38. The van der Waals surface area contributed by atoms with Gasteiger partial charge in [-0.05, 0) is 49.6 Å². The van der Waals surface area contributed by atoms with Crippen molar-refractivity contribution in [3.8, 4) is 0 Å². The zero-order chi connectivity index (χ0) is 13.5. The number of carbonyl (C=O) groups excluding carboxylic acids is 1. The van der Waals surface area contributed by atoms with Crippen molar-refractivity contribution in [1.82, 2.24) is 15.2 Å². The normalized spacial score (nSPS) is 28.7. The third-order valence-corrected chi connectivity index (χ3v) is 4.62. The van der Waals surface area contributed by atoms with E-state index in [1.807, 2.05) is 30.5 Å². The van der Waals surface area contributed by atoms with Gasteiger partial charge in [-0.3, -0.25) is 4.79 Å². The molecule has 104 valence electrons. The molecule has 20 heavy (non-hydrogen) atoms. The number of piperidine rings is 1. The van der Waals surface area contributed by atoms with Crippen LogP contribution in [0.5, 0.6) is 0 Å². The lowest BCUT2D eigenvalue weighted by Gasteiger charge is -2.30. The molecular formula is C16H19N3O. The number of hydrogen-bond acceptors (Lipinski definition) is 2. The highest BCUT2D eigenvalue weighted by Crippen LogP contribution is 2.27. The molecule has 2 N–H and O–H groups in total. The Balaban J connectivity index is 1.49. The van der Waals surface area contributed by atoms with Crippen LogP contribution in [0.4, 0.5) is 0 Å². The summed E-state index contributed by atoms with van der Waals surface area (Å²) in [6.07, 6.45) is 4.33. The largest absolute Gasteiger partial charge is 0.361 e. The first kappa shape index (κ1) is 12.0. The first-order valence-electron chi connectivity index (χ1n) is 7.38. The monoisotopic (exact) mass is 269 g/mol. The van der Waals surface area contributed by atoms with E-state index < -0.39 is 0 Å². The fourth-order valence-electron chi connectivity index (χ4n) is 3.63. The van der Waals surface area contributed by atoms with Gasteiger partial charge in [0, 0.05) is 41.8 Å². The van der Waals surface area contributed by atoms with Crippen LogP contribution in [-0.4, -0.2) is 41.5 Å². The quantitative estimate of drug-likeness (QED) is 0.876. The molecule has 4 heteroatoms. The smallest absolute Gasteiger partial charge is 0.251 e. The molecular weight excluding hydrogens is 250 g/mol. The molecule has 1 aromatic carbocycles. The van der Waals surface area contributed by atoms with E-state index in [1.54, 1.807) is 0 Å². The summed E-state index contributed by atoms with van der Waals surface area (Å²) < 4.78 is 0. The molecule has 3 heterocycles. The number of benzene rings is 1. The van der Waals surface area contributed by atoms with E-state index in [-0.39, 0.29) is 5.91 Å². The molecule has 0 radical (unpaired) electrons. The number of nitrogens with zero attached hydrogens (tertiary/aromatic N) is 1. The van der Waals surface area contributed by atoms with Crippen LogP contribution in [0.1, 0.15) is 23.2 Å². The number of amides is 1. The summed E-state index contributed by atoms with van der Waals surface area (Å²) in [4.78, 5) is 18.0. The maximum atomic E-state index is 12.4. The highest BCUT2D eigenvalue weighted by atomic mass is 16.1. The molecule has 2 bridgehead atoms. The van der Waals surface area contributed by atoms with Gasteiger partial charge < -0.3 is 15.2 Å². The van der Waals surface area contributed by atoms with E-state index in [2.05, 4.69) is 15.2 Å². The van der Waals surface area contributed by atoms with E-state index in [0.29, 0.717) is 6.04 Å². The highest BCUT2D eigenvalue weighted by molar-refractivity contribution is 5.98. The summed E-state index contributed by atoms with van der Waals surface area (Å²) in [6, 6.07) is 8.13. The number of aromatic amines is 1. The van der Waals surface area contributed by atoms with Crippen molar-refractivity contribution in [2.45, 2.75) is 18.9 Å². The first-order chi connectivity index (χ1) is 9.78. The summed E-state index contributed by atoms with van der Waals surface area (Å²) in [6.45, 7) is 3.43. The van der Waals surface area contributed by atoms with Gasteiger partial charge in [0.1, 0.15) is 0 Å². The lowest BCUT2D eigenvalue weighted by Crippen LogP contribution is -2.47. The number of rotatable bonds is 2. The van der Waals surface area contributed by atoms with E-state index in [0.717, 1.165) is 35.3 Å². The Kier molecular flexibility index (Phi) is 2.77. The lowest BCUT2D eigenvalue weighted by molar-refractivity contribution is 0.0909. The Bertz CT molecular complexity index is 636. The minimum atomic E-state index is 0.0561. The molecule has 2 aliphatic rings. The maximum absolute atomic E-state index is 12.4. The minimum Gasteiger partial charge on any atom is -0.361 e. The van der Waals surface area contributed by atoms with Gasteiger partial charge in [0.05, 0.1) is 0 Å². The Morgan fingerprint density at radius 2 is 2.25 bits per heavy atom. The minimum absolute atomic E-state index is 0.0561. The molecule has 2 fully saturated rings. The maximum Gasteiger partial charge on any atom is 0.251 e. The fraction of sp³-hybridized carbons (Fsp3) is 0.438. The molecule has 0 spiro atoms. The lowest BCUT2D eigenvalue weighted by atomic mass is 9.96. The van der Waals surface area contributed by atoms with Crippen LogP contribution in [0.2, 0.25) is 0 Å². The van der Waals surface area contributed by atoms with Crippen molar-refractivity contribution in [2.24, 2.45) is 5.92 Å². The van der Waals surface area contributed by atoms with Crippen LogP contribution in [0.3, 0.4) is 0 Å². The second kappa shape index (κ2) is 4.63. The third kappa shape index (κ3) is 2.10. The number of nitrogens with one attached hydrogen (secondary N) is 2. The number of hydrogen-bond donors (Lipinski definition) is 2. The van der Waals surface area contributed by atoms with Gasteiger partial charge in [0.15, 0.2) is 0 Å². The van der Waals surface area contributed by atoms with Crippen LogP contribution in [0.15, 0.2) is 30.5 Å². The number of H-pyrrole nitrogens is 1. The number of aromatic nitrogens is 1. The SMILES string of the molecule is O=C(N[C@@H]1C[C@@H]2CCN(C2)C1)c1ccc2[nH]ccc2c1. The van der Waals surface area contributed by atoms with Crippen molar-refractivity contribution in [2.75, 3.05) is 19.6 Å². The summed E-state index contributed by atoms with van der Waals surface area (Å²) in [7, 11) is 0. The predicted octanol–water partition coefficient (Wildman–Crippen LogP) is 1.99. The Morgan fingerprint density at radius 3 is 3.15 bits per heavy atom. The van der Waals surface area contributed by atoms with Crippen molar-refractivity contribution in [1.29, 1.82) is 0 Å². The van der Waals surface area contributed by atoms with E-state index >= 15 is 0 Å². The Labute approximate surface area is 118 Å². The summed E-state index contributed by atoms with van der Waals surface area (Å²) in [5.41, 5.74) is 1.83. The average Bonchev–Trinajstić information content (AvgIpc) is 3.04. The molecule has 0 saturated carbocycles. The van der Waals surface area contributed by atoms with E-state index in [9.17, 15) is 4.79 Å². The van der Waals surface area contributed by atoms with Gasteiger partial charge in [-0.1, -0.05) is 0 Å². The molecule has 0 aliphatic carbocycles.